The summed E-state index contributed by atoms with van der Waals surface area (Å²) >= 11 is 0. The van der Waals surface area contributed by atoms with Crippen LogP contribution in [-0.2, 0) is 40.2 Å². The van der Waals surface area contributed by atoms with Crippen LogP contribution in [0.3, 0.4) is 0 Å². The largest absolute Gasteiger partial charge is 0.299 e. The minimum atomic E-state index is -3.20. The lowest BCUT2D eigenvalue weighted by atomic mass is 9.65. The molecule has 3 aliphatic rings. The molecule has 0 saturated heterocycles. The molecule has 1 heterocycles. The summed E-state index contributed by atoms with van der Waals surface area (Å²) < 4.78 is 24.5. The predicted octanol–water partition coefficient (Wildman–Crippen LogP) is 15.7. The van der Waals surface area contributed by atoms with Crippen molar-refractivity contribution in [3.05, 3.63) is 30.1 Å². The van der Waals surface area contributed by atoms with E-state index in [1.165, 1.54) is 37.7 Å². The number of ketones is 5. The van der Waals surface area contributed by atoms with E-state index in [1.807, 2.05) is 108 Å². The smallest absolute Gasteiger partial charge is 0.155 e. The van der Waals surface area contributed by atoms with Crippen LogP contribution in [0.5, 0.6) is 0 Å². The Hall–Kier alpha value is -2.55. The molecule has 9 heteroatoms. The quantitative estimate of drug-likeness (QED) is 0.151. The molecule has 8 nitrogen and oxygen atoms in total. The van der Waals surface area contributed by atoms with Crippen LogP contribution in [0.4, 0.5) is 0 Å². The third-order valence-electron chi connectivity index (χ3n) is 15.5. The second-order valence-electron chi connectivity index (χ2n) is 27.9. The minimum absolute atomic E-state index is 0.0348. The zero-order valence-corrected chi connectivity index (χ0v) is 49.7. The molecule has 0 N–H and O–H groups in total. The number of sulfone groups is 1. The van der Waals surface area contributed by atoms with Crippen LogP contribution in [0.1, 0.15) is 253 Å². The van der Waals surface area contributed by atoms with Crippen LogP contribution in [-0.4, -0.2) is 52.8 Å². The fourth-order valence-corrected chi connectivity index (χ4v) is 11.2. The Morgan fingerprint density at radius 1 is 0.643 bits per heavy atom. The highest BCUT2D eigenvalue weighted by Crippen LogP contribution is 2.45. The van der Waals surface area contributed by atoms with Gasteiger partial charge in [-0.3, -0.25) is 29.0 Å². The molecule has 4 rings (SSSR count). The third-order valence-corrected chi connectivity index (χ3v) is 18.4. The van der Waals surface area contributed by atoms with Gasteiger partial charge in [-0.1, -0.05) is 169 Å². The van der Waals surface area contributed by atoms with Crippen molar-refractivity contribution in [2.24, 2.45) is 62.1 Å². The van der Waals surface area contributed by atoms with Gasteiger partial charge in [0.15, 0.2) is 9.84 Å². The van der Waals surface area contributed by atoms with Gasteiger partial charge in [0.2, 0.25) is 0 Å². The number of carbonyl (C=O) groups is 5. The van der Waals surface area contributed by atoms with E-state index >= 15 is 0 Å². The van der Waals surface area contributed by atoms with Crippen LogP contribution in [0, 0.1) is 62.1 Å². The maximum atomic E-state index is 12.6. The van der Waals surface area contributed by atoms with Crippen molar-refractivity contribution >= 4 is 38.8 Å². The van der Waals surface area contributed by atoms with Crippen molar-refractivity contribution < 1.29 is 32.4 Å². The number of Topliss-reactive ketones (excluding diaryl/α,β-unsaturated/α-hetero) is 5. The van der Waals surface area contributed by atoms with Gasteiger partial charge in [0.25, 0.3) is 0 Å². The van der Waals surface area contributed by atoms with Gasteiger partial charge in [-0.2, -0.15) is 0 Å². The molecule has 1 aromatic heterocycles. The molecule has 404 valence electrons. The van der Waals surface area contributed by atoms with Crippen molar-refractivity contribution in [3.8, 4) is 0 Å². The zero-order valence-electron chi connectivity index (χ0n) is 48.8. The Kier molecular flexibility index (Phi) is 25.4. The summed E-state index contributed by atoms with van der Waals surface area (Å²) in [5.74, 6) is 2.79. The normalized spacial score (nSPS) is 18.4. The summed E-state index contributed by atoms with van der Waals surface area (Å²) in [4.78, 5) is 64.7. The number of hydrogen-bond donors (Lipinski definition) is 0. The second kappa shape index (κ2) is 27.1. The number of nitrogens with zero attached hydrogens (tertiary/aromatic N) is 1. The Morgan fingerprint density at radius 3 is 1.43 bits per heavy atom. The summed E-state index contributed by atoms with van der Waals surface area (Å²) in [7, 11) is -3.20. The van der Waals surface area contributed by atoms with Gasteiger partial charge < -0.3 is 0 Å². The number of rotatable bonds is 17. The molecule has 3 saturated carbocycles. The van der Waals surface area contributed by atoms with Crippen LogP contribution in [0.2, 0.25) is 0 Å². The van der Waals surface area contributed by atoms with E-state index in [9.17, 15) is 32.4 Å². The number of aromatic nitrogens is 1. The minimum Gasteiger partial charge on any atom is -0.299 e. The lowest BCUT2D eigenvalue weighted by Crippen LogP contribution is -2.42. The summed E-state index contributed by atoms with van der Waals surface area (Å²) in [6, 6.07) is 4.14. The van der Waals surface area contributed by atoms with Gasteiger partial charge in [0, 0.05) is 72.1 Å². The standard InChI is InChI=1S/C18H27NO.C17H32O3S.C13H22O2.C13H26O/c1-17(2,3)16(20)13-18(9-5-4-6-10-18)12-15-8-7-11-19-14-15;1-15(2,3)14(18)12-17(10-8-7-9-11-17)13-21(19,20)16(4,5)6;1-8(2)11(7-12(14)9(3)4)13(15)10-5-6-10;1-8-10(12(2,3)4)9-11(14)13(5,6)7/h7-8,11,14H,4-6,9-10,12-13H2,1-3H3;7-13H2,1-6H3;8-11H,5-7H2,1-4H3;10H,8-9H2,1-7H3/t;;11-;10-/m..00/s1. The zero-order chi connectivity index (χ0) is 54.3. The molecular weight excluding hydrogens is 891 g/mol. The van der Waals surface area contributed by atoms with Crippen molar-refractivity contribution in [1.29, 1.82) is 0 Å². The number of hydrogen-bond acceptors (Lipinski definition) is 8. The van der Waals surface area contributed by atoms with E-state index in [-0.39, 0.29) is 62.1 Å². The van der Waals surface area contributed by atoms with Crippen LogP contribution >= 0.6 is 0 Å². The lowest BCUT2D eigenvalue weighted by molar-refractivity contribution is -0.131. The molecule has 0 aromatic carbocycles. The van der Waals surface area contributed by atoms with Gasteiger partial charge in [0.1, 0.15) is 28.9 Å². The Balaban J connectivity index is 0.000000474. The molecule has 0 aliphatic heterocycles. The lowest BCUT2D eigenvalue weighted by Gasteiger charge is -2.39. The van der Waals surface area contributed by atoms with Gasteiger partial charge in [-0.05, 0) is 105 Å². The van der Waals surface area contributed by atoms with Crippen molar-refractivity contribution in [2.75, 3.05) is 5.75 Å². The van der Waals surface area contributed by atoms with Gasteiger partial charge in [0.05, 0.1) is 10.5 Å². The fraction of sp³-hybridized carbons (Fsp3) is 0.836. The molecule has 1 aromatic rings. The summed E-state index contributed by atoms with van der Waals surface area (Å²) in [5, 5.41) is 0. The maximum Gasteiger partial charge on any atom is 0.155 e. The van der Waals surface area contributed by atoms with Crippen molar-refractivity contribution in [2.45, 2.75) is 259 Å². The fourth-order valence-electron chi connectivity index (χ4n) is 9.54. The van der Waals surface area contributed by atoms with Gasteiger partial charge >= 0.3 is 0 Å². The predicted molar refractivity (Wildman–Crippen MR) is 294 cm³/mol. The van der Waals surface area contributed by atoms with E-state index in [2.05, 4.69) is 38.7 Å². The molecule has 0 spiro atoms. The van der Waals surface area contributed by atoms with Crippen LogP contribution in [0.15, 0.2) is 24.5 Å². The molecule has 70 heavy (non-hydrogen) atoms. The van der Waals surface area contributed by atoms with E-state index in [4.69, 9.17) is 0 Å². The Bertz CT molecular complexity index is 1890. The highest BCUT2D eigenvalue weighted by atomic mass is 32.2. The molecule has 0 bridgehead atoms. The second-order valence-corrected chi connectivity index (χ2v) is 30.7. The third kappa shape index (κ3) is 23.1. The first kappa shape index (κ1) is 65.5. The topological polar surface area (TPSA) is 132 Å². The first-order chi connectivity index (χ1) is 31.7. The Labute approximate surface area is 431 Å². The van der Waals surface area contributed by atoms with Crippen molar-refractivity contribution in [1.82, 2.24) is 4.98 Å². The van der Waals surface area contributed by atoms with E-state index in [0.717, 1.165) is 70.6 Å². The summed E-state index contributed by atoms with van der Waals surface area (Å²) in [5.41, 5.74) is 0.556. The van der Waals surface area contributed by atoms with E-state index in [1.54, 1.807) is 20.8 Å². The van der Waals surface area contributed by atoms with Gasteiger partial charge in [-0.25, -0.2) is 8.42 Å². The molecular formula is C61H107NO7S. The van der Waals surface area contributed by atoms with Crippen molar-refractivity contribution in [3.63, 3.8) is 0 Å². The summed E-state index contributed by atoms with van der Waals surface area (Å²) in [6.45, 7) is 39.9. The number of carbonyl (C=O) groups excluding carboxylic acids is 5. The maximum absolute atomic E-state index is 12.6. The average molecular weight is 999 g/mol. The summed E-state index contributed by atoms with van der Waals surface area (Å²) in [6.07, 6.45) is 21.4. The molecule has 0 amide bonds. The highest BCUT2D eigenvalue weighted by molar-refractivity contribution is 7.92. The average Bonchev–Trinajstić information content (AvgIpc) is 4.07. The monoisotopic (exact) mass is 998 g/mol. The molecule has 3 fully saturated rings. The van der Waals surface area contributed by atoms with Gasteiger partial charge in [-0.15, -0.1) is 0 Å². The molecule has 0 unspecified atom stereocenters. The Morgan fingerprint density at radius 2 is 1.09 bits per heavy atom. The SMILES string of the molecule is CC(C)(C)C(=O)CC1(CS(=O)(=O)C(C)(C)C)CCCCC1.CC(C)(C)C(=O)CC1(Cc2cccnc2)CCCCC1.CC(C)C(=O)C[C@H](C(=O)C1CC1)C(C)C.CC[C@@H](CC(=O)C(C)(C)C)C(C)(C)C. The first-order valence-electron chi connectivity index (χ1n) is 27.5. The van der Waals surface area contributed by atoms with E-state index < -0.39 is 20.0 Å². The van der Waals surface area contributed by atoms with Crippen LogP contribution in [0.25, 0.3) is 0 Å². The molecule has 2 atom stereocenters. The number of pyridine rings is 1. The first-order valence-corrected chi connectivity index (χ1v) is 29.2. The highest BCUT2D eigenvalue weighted by Gasteiger charge is 2.44. The molecule has 3 aliphatic carbocycles. The molecule has 0 radical (unpaired) electrons. The van der Waals surface area contributed by atoms with Crippen LogP contribution < -0.4 is 0 Å². The van der Waals surface area contributed by atoms with E-state index in [0.29, 0.717) is 42.0 Å².